The van der Waals surface area contributed by atoms with Crippen molar-refractivity contribution in [3.63, 3.8) is 0 Å². The van der Waals surface area contributed by atoms with E-state index in [1.54, 1.807) is 36.0 Å². The summed E-state index contributed by atoms with van der Waals surface area (Å²) in [4.78, 5) is 0. The van der Waals surface area contributed by atoms with Gasteiger partial charge in [-0.25, -0.2) is 9.78 Å². The Morgan fingerprint density at radius 3 is 2.62 bits per heavy atom. The molecule has 0 aliphatic carbocycles. The zero-order valence-electron chi connectivity index (χ0n) is 15.8. The first-order chi connectivity index (χ1) is 14.2. The number of H-pyrrole nitrogens is 1. The van der Waals surface area contributed by atoms with E-state index in [9.17, 15) is 0 Å². The van der Waals surface area contributed by atoms with E-state index in [0.29, 0.717) is 22.1 Å². The van der Waals surface area contributed by atoms with Crippen LogP contribution in [-0.2, 0) is 0 Å². The molecule has 29 heavy (non-hydrogen) atoms. The first-order valence-corrected chi connectivity index (χ1v) is 9.14. The van der Waals surface area contributed by atoms with E-state index in [2.05, 4.69) is 20.4 Å². The van der Waals surface area contributed by atoms with E-state index >= 15 is 0 Å². The highest BCUT2D eigenvalue weighted by molar-refractivity contribution is 7.71. The van der Waals surface area contributed by atoms with E-state index in [1.807, 2.05) is 54.7 Å². The topological polar surface area (TPSA) is 82.3 Å². The number of para-hydroxylation sites is 1. The third-order valence-electron chi connectivity index (χ3n) is 4.24. The predicted molar refractivity (Wildman–Crippen MR) is 113 cm³/mol. The highest BCUT2D eigenvalue weighted by atomic mass is 32.1. The van der Waals surface area contributed by atoms with Gasteiger partial charge in [0.1, 0.15) is 0 Å². The van der Waals surface area contributed by atoms with Gasteiger partial charge in [0, 0.05) is 17.3 Å². The van der Waals surface area contributed by atoms with Crippen molar-refractivity contribution >= 4 is 18.4 Å². The lowest BCUT2D eigenvalue weighted by Crippen LogP contribution is -1.96. The van der Waals surface area contributed by atoms with Crippen molar-refractivity contribution in [2.75, 3.05) is 14.2 Å². The van der Waals surface area contributed by atoms with Crippen molar-refractivity contribution in [3.05, 3.63) is 71.3 Å². The van der Waals surface area contributed by atoms with Crippen LogP contribution in [0.1, 0.15) is 5.56 Å². The molecule has 0 atom stereocenters. The number of methoxy groups -OCH3 is 2. The van der Waals surface area contributed by atoms with Gasteiger partial charge in [-0.3, -0.25) is 0 Å². The highest BCUT2D eigenvalue weighted by Gasteiger charge is 2.12. The molecule has 0 unspecified atom stereocenters. The predicted octanol–water partition coefficient (Wildman–Crippen LogP) is 3.69. The van der Waals surface area contributed by atoms with Crippen LogP contribution in [0.15, 0.2) is 66.0 Å². The largest absolute Gasteiger partial charge is 0.493 e. The number of nitrogens with zero attached hydrogens (tertiary/aromatic N) is 5. The molecule has 0 radical (unpaired) electrons. The number of nitrogens with one attached hydrogen (secondary N) is 1. The maximum absolute atomic E-state index is 5.37. The first kappa shape index (κ1) is 18.6. The molecule has 146 valence electrons. The zero-order chi connectivity index (χ0) is 20.2. The number of aromatic nitrogens is 5. The summed E-state index contributed by atoms with van der Waals surface area (Å²) in [5.74, 6) is 1.79. The Morgan fingerprint density at radius 1 is 1.07 bits per heavy atom. The van der Waals surface area contributed by atoms with Gasteiger partial charge in [-0.1, -0.05) is 18.2 Å². The molecule has 0 saturated heterocycles. The van der Waals surface area contributed by atoms with Gasteiger partial charge in [-0.15, -0.1) is 0 Å². The molecule has 0 fully saturated rings. The van der Waals surface area contributed by atoms with Crippen molar-refractivity contribution in [1.82, 2.24) is 24.7 Å². The fraction of sp³-hybridized carbons (Fsp3) is 0.100. The maximum Gasteiger partial charge on any atom is 0.216 e. The molecule has 0 saturated carbocycles. The van der Waals surface area contributed by atoms with Gasteiger partial charge in [0.25, 0.3) is 0 Å². The van der Waals surface area contributed by atoms with Crippen molar-refractivity contribution in [2.24, 2.45) is 5.10 Å². The minimum absolute atomic E-state index is 0.376. The zero-order valence-corrected chi connectivity index (χ0v) is 16.6. The summed E-state index contributed by atoms with van der Waals surface area (Å²) in [5, 5.41) is 15.9. The normalized spacial score (nSPS) is 11.1. The molecule has 0 amide bonds. The molecule has 0 aliphatic rings. The smallest absolute Gasteiger partial charge is 0.216 e. The number of hydrogen-bond acceptors (Lipinski definition) is 6. The van der Waals surface area contributed by atoms with Gasteiger partial charge in [0.2, 0.25) is 4.77 Å². The standard InChI is InChI=1S/C20H18N6O2S/c1-27-17-9-8-15(10-18(17)28-2)19-23-24-20(29)26(19)22-12-14-11-21-25(13-14)16-6-4-3-5-7-16/h3-13H,1-2H3,(H,24,29)/b22-12-. The van der Waals surface area contributed by atoms with Crippen LogP contribution in [0, 0.1) is 4.77 Å². The van der Waals surface area contributed by atoms with Gasteiger partial charge in [-0.2, -0.15) is 20.0 Å². The lowest BCUT2D eigenvalue weighted by atomic mass is 10.2. The first-order valence-electron chi connectivity index (χ1n) is 8.74. The Balaban J connectivity index is 1.65. The molecular weight excluding hydrogens is 388 g/mol. The van der Waals surface area contributed by atoms with Crippen molar-refractivity contribution < 1.29 is 9.47 Å². The molecule has 4 aromatic rings. The van der Waals surface area contributed by atoms with E-state index in [-0.39, 0.29) is 0 Å². The SMILES string of the molecule is COc1ccc(-c2n[nH]c(=S)n2/N=C\c2cnn(-c3ccccc3)c2)cc1OC. The molecule has 0 aliphatic heterocycles. The minimum Gasteiger partial charge on any atom is -0.493 e. The van der Waals surface area contributed by atoms with Crippen molar-refractivity contribution in [2.45, 2.75) is 0 Å². The summed E-state index contributed by atoms with van der Waals surface area (Å²) in [6.07, 6.45) is 5.30. The Kier molecular flexibility index (Phi) is 5.21. The maximum atomic E-state index is 5.37. The van der Waals surface area contributed by atoms with Gasteiger partial charge in [-0.05, 0) is 42.5 Å². The summed E-state index contributed by atoms with van der Waals surface area (Å²) < 4.78 is 14.4. The molecule has 2 heterocycles. The van der Waals surface area contributed by atoms with Crippen LogP contribution in [0.2, 0.25) is 0 Å². The lowest BCUT2D eigenvalue weighted by molar-refractivity contribution is 0.355. The lowest BCUT2D eigenvalue weighted by Gasteiger charge is -2.09. The van der Waals surface area contributed by atoms with Gasteiger partial charge in [0.05, 0.1) is 32.3 Å². The fourth-order valence-corrected chi connectivity index (χ4v) is 2.99. The van der Waals surface area contributed by atoms with Gasteiger partial charge < -0.3 is 9.47 Å². The molecule has 2 aromatic carbocycles. The second-order valence-electron chi connectivity index (χ2n) is 6.03. The fourth-order valence-electron chi connectivity index (χ4n) is 2.81. The number of ether oxygens (including phenoxy) is 2. The molecule has 9 heteroatoms. The second-order valence-corrected chi connectivity index (χ2v) is 6.42. The number of rotatable bonds is 6. The van der Waals surface area contributed by atoms with E-state index < -0.39 is 0 Å². The van der Waals surface area contributed by atoms with Crippen molar-refractivity contribution in [3.8, 4) is 28.6 Å². The van der Waals surface area contributed by atoms with E-state index in [4.69, 9.17) is 21.7 Å². The Labute approximate surface area is 172 Å². The summed E-state index contributed by atoms with van der Waals surface area (Å²) in [6, 6.07) is 15.4. The second kappa shape index (κ2) is 8.11. The van der Waals surface area contributed by atoms with Gasteiger partial charge >= 0.3 is 0 Å². The van der Waals surface area contributed by atoms with E-state index in [0.717, 1.165) is 16.8 Å². The van der Waals surface area contributed by atoms with Gasteiger partial charge in [0.15, 0.2) is 17.3 Å². The third-order valence-corrected chi connectivity index (χ3v) is 4.50. The van der Waals surface area contributed by atoms with Crippen LogP contribution >= 0.6 is 12.2 Å². The molecular formula is C20H18N6O2S. The average molecular weight is 406 g/mol. The highest BCUT2D eigenvalue weighted by Crippen LogP contribution is 2.31. The van der Waals surface area contributed by atoms with E-state index in [1.165, 1.54) is 0 Å². The van der Waals surface area contributed by atoms with Crippen LogP contribution in [0.25, 0.3) is 17.1 Å². The van der Waals surface area contributed by atoms with Crippen LogP contribution in [0.3, 0.4) is 0 Å². The Morgan fingerprint density at radius 2 is 1.86 bits per heavy atom. The quantitative estimate of drug-likeness (QED) is 0.390. The van der Waals surface area contributed by atoms with Crippen molar-refractivity contribution in [1.29, 1.82) is 0 Å². The number of hydrogen-bond donors (Lipinski definition) is 1. The average Bonchev–Trinajstić information content (AvgIpc) is 3.39. The Bertz CT molecular complexity index is 1210. The number of benzene rings is 2. The summed E-state index contributed by atoms with van der Waals surface area (Å²) >= 11 is 5.33. The molecule has 8 nitrogen and oxygen atoms in total. The summed E-state index contributed by atoms with van der Waals surface area (Å²) in [5.41, 5.74) is 2.58. The summed E-state index contributed by atoms with van der Waals surface area (Å²) in [6.45, 7) is 0. The van der Waals surface area contributed by atoms with Crippen LogP contribution in [0.5, 0.6) is 11.5 Å². The van der Waals surface area contributed by atoms with Crippen LogP contribution in [0.4, 0.5) is 0 Å². The number of aromatic amines is 1. The minimum atomic E-state index is 0.376. The molecule has 0 bridgehead atoms. The molecule has 2 aromatic heterocycles. The summed E-state index contributed by atoms with van der Waals surface area (Å²) in [7, 11) is 3.18. The molecule has 0 spiro atoms. The Hall–Kier alpha value is -3.72. The molecule has 4 rings (SSSR count). The van der Waals surface area contributed by atoms with Crippen LogP contribution < -0.4 is 9.47 Å². The van der Waals surface area contributed by atoms with Crippen LogP contribution in [-0.4, -0.2) is 45.1 Å². The monoisotopic (exact) mass is 406 g/mol. The molecule has 1 N–H and O–H groups in total. The third kappa shape index (κ3) is 3.81.